The van der Waals surface area contributed by atoms with Gasteiger partial charge in [0.2, 0.25) is 17.7 Å². The number of hydrogen-bond donors (Lipinski definition) is 6. The third-order valence-electron chi connectivity index (χ3n) is 6.96. The molecule has 0 bridgehead atoms. The van der Waals surface area contributed by atoms with Crippen LogP contribution in [-0.2, 0) is 32.0 Å². The van der Waals surface area contributed by atoms with Crippen LogP contribution in [0.15, 0.2) is 54.7 Å². The Morgan fingerprint density at radius 3 is 2.46 bits per heavy atom. The Hall–Kier alpha value is -4.38. The monoisotopic (exact) mass is 535 g/mol. The number of para-hydroxylation sites is 1. The van der Waals surface area contributed by atoms with Crippen molar-refractivity contribution in [1.82, 2.24) is 20.5 Å². The molecule has 1 fully saturated rings. The quantitative estimate of drug-likeness (QED) is 0.225. The van der Waals surface area contributed by atoms with Gasteiger partial charge in [0.05, 0.1) is 6.04 Å². The molecule has 2 heterocycles. The summed E-state index contributed by atoms with van der Waals surface area (Å²) >= 11 is 0. The maximum atomic E-state index is 13.6. The lowest BCUT2D eigenvalue weighted by atomic mass is 10.0. The molecule has 1 aliphatic rings. The maximum absolute atomic E-state index is 13.6. The molecular formula is C28H33N5O6. The number of benzene rings is 2. The number of aliphatic carboxylic acids is 1. The maximum Gasteiger partial charge on any atom is 0.326 e. The average Bonchev–Trinajstić information content (AvgIpc) is 3.56. The number of nitrogens with zero attached hydrogens (tertiary/aromatic N) is 1. The minimum Gasteiger partial charge on any atom is -0.508 e. The number of carbonyl (C=O) groups excluding carboxylic acids is 3. The van der Waals surface area contributed by atoms with E-state index in [-0.39, 0.29) is 25.1 Å². The van der Waals surface area contributed by atoms with Crippen molar-refractivity contribution in [2.75, 3.05) is 6.54 Å². The van der Waals surface area contributed by atoms with Crippen LogP contribution in [0.3, 0.4) is 0 Å². The number of carboxylic acids is 1. The van der Waals surface area contributed by atoms with Gasteiger partial charge in [-0.25, -0.2) is 4.79 Å². The van der Waals surface area contributed by atoms with Crippen molar-refractivity contribution in [3.8, 4) is 5.75 Å². The molecule has 11 nitrogen and oxygen atoms in total. The number of likely N-dealkylation sites (tertiary alicyclic amines) is 1. The molecule has 4 unspecified atom stereocenters. The summed E-state index contributed by atoms with van der Waals surface area (Å²) in [4.78, 5) is 55.9. The van der Waals surface area contributed by atoms with Gasteiger partial charge in [-0.15, -0.1) is 0 Å². The van der Waals surface area contributed by atoms with E-state index in [0.717, 1.165) is 16.5 Å². The summed E-state index contributed by atoms with van der Waals surface area (Å²) in [6, 6.07) is 9.82. The second-order valence-electron chi connectivity index (χ2n) is 9.87. The van der Waals surface area contributed by atoms with Gasteiger partial charge < -0.3 is 36.5 Å². The Morgan fingerprint density at radius 2 is 1.77 bits per heavy atom. The summed E-state index contributed by atoms with van der Waals surface area (Å²) in [6.07, 6.45) is 2.84. The molecule has 206 valence electrons. The van der Waals surface area contributed by atoms with Crippen LogP contribution in [0, 0.1) is 0 Å². The summed E-state index contributed by atoms with van der Waals surface area (Å²) in [6.45, 7) is 1.79. The van der Waals surface area contributed by atoms with Gasteiger partial charge in [-0.3, -0.25) is 14.4 Å². The van der Waals surface area contributed by atoms with E-state index >= 15 is 0 Å². The highest BCUT2D eigenvalue weighted by Crippen LogP contribution is 2.22. The van der Waals surface area contributed by atoms with Crippen LogP contribution in [0.4, 0.5) is 0 Å². The number of aromatic hydroxyl groups is 1. The normalized spacial score (nSPS) is 17.4. The number of phenols is 1. The fraction of sp³-hybridized carbons (Fsp3) is 0.357. The molecule has 11 heteroatoms. The van der Waals surface area contributed by atoms with Gasteiger partial charge in [-0.2, -0.15) is 0 Å². The molecule has 4 rings (SSSR count). The first-order chi connectivity index (χ1) is 18.6. The van der Waals surface area contributed by atoms with Crippen molar-refractivity contribution in [1.29, 1.82) is 0 Å². The van der Waals surface area contributed by atoms with E-state index in [2.05, 4.69) is 15.6 Å². The topological polar surface area (TPSA) is 178 Å². The van der Waals surface area contributed by atoms with E-state index in [1.165, 1.54) is 24.0 Å². The third-order valence-corrected chi connectivity index (χ3v) is 6.96. The Labute approximate surface area is 225 Å². The number of carbonyl (C=O) groups is 4. The molecule has 4 atom stereocenters. The van der Waals surface area contributed by atoms with E-state index in [4.69, 9.17) is 5.73 Å². The van der Waals surface area contributed by atoms with Crippen molar-refractivity contribution in [2.45, 2.75) is 56.8 Å². The van der Waals surface area contributed by atoms with Crippen molar-refractivity contribution in [3.05, 3.63) is 65.9 Å². The molecule has 39 heavy (non-hydrogen) atoms. The van der Waals surface area contributed by atoms with Crippen molar-refractivity contribution < 1.29 is 29.4 Å². The van der Waals surface area contributed by atoms with Crippen LogP contribution in [0.1, 0.15) is 30.9 Å². The number of hydrogen-bond acceptors (Lipinski definition) is 6. The molecule has 3 aromatic rings. The molecule has 0 spiro atoms. The fourth-order valence-electron chi connectivity index (χ4n) is 4.86. The number of H-pyrrole nitrogens is 1. The number of nitrogens with two attached hydrogens (primary N) is 1. The van der Waals surface area contributed by atoms with Crippen LogP contribution in [0.25, 0.3) is 10.9 Å². The van der Waals surface area contributed by atoms with E-state index < -0.39 is 47.9 Å². The Kier molecular flexibility index (Phi) is 8.50. The molecule has 2 aromatic carbocycles. The standard InChI is InChI=1S/C28H33N5O6/c1-16(29)25(35)31-22(13-17-8-10-19(34)11-9-17)27(37)33-12-4-7-24(33)26(36)32-23(28(38)39)14-18-15-30-21-6-3-2-5-20(18)21/h2-3,5-6,8-11,15-16,22-24,30,34H,4,7,12-14,29H2,1H3,(H,31,35)(H,32,36)(H,38,39). The van der Waals surface area contributed by atoms with E-state index in [1.807, 2.05) is 24.3 Å². The summed E-state index contributed by atoms with van der Waals surface area (Å²) in [5.74, 6) is -2.65. The zero-order chi connectivity index (χ0) is 28.1. The van der Waals surface area contributed by atoms with E-state index in [9.17, 15) is 29.4 Å². The van der Waals surface area contributed by atoms with Gasteiger partial charge in [0, 0.05) is 36.5 Å². The first-order valence-corrected chi connectivity index (χ1v) is 12.9. The molecule has 7 N–H and O–H groups in total. The SMILES string of the molecule is CC(N)C(=O)NC(Cc1ccc(O)cc1)C(=O)N1CCCC1C(=O)NC(Cc1c[nH]c2ccccc12)C(=O)O. The molecule has 0 radical (unpaired) electrons. The summed E-state index contributed by atoms with van der Waals surface area (Å²) < 4.78 is 0. The zero-order valence-corrected chi connectivity index (χ0v) is 21.6. The average molecular weight is 536 g/mol. The summed E-state index contributed by atoms with van der Waals surface area (Å²) in [7, 11) is 0. The van der Waals surface area contributed by atoms with Crippen LogP contribution < -0.4 is 16.4 Å². The smallest absolute Gasteiger partial charge is 0.326 e. The molecule has 1 aliphatic heterocycles. The zero-order valence-electron chi connectivity index (χ0n) is 21.6. The highest BCUT2D eigenvalue weighted by Gasteiger charge is 2.39. The molecular weight excluding hydrogens is 502 g/mol. The van der Waals surface area contributed by atoms with Crippen LogP contribution >= 0.6 is 0 Å². The number of carboxylic acid groups (broad SMARTS) is 1. The third kappa shape index (κ3) is 6.55. The van der Waals surface area contributed by atoms with Crippen LogP contribution in [0.2, 0.25) is 0 Å². The lowest BCUT2D eigenvalue weighted by Gasteiger charge is -2.30. The molecule has 1 aromatic heterocycles. The number of aromatic nitrogens is 1. The summed E-state index contributed by atoms with van der Waals surface area (Å²) in [5.41, 5.74) is 8.02. The van der Waals surface area contributed by atoms with Crippen molar-refractivity contribution in [2.24, 2.45) is 5.73 Å². The van der Waals surface area contributed by atoms with Crippen molar-refractivity contribution in [3.63, 3.8) is 0 Å². The lowest BCUT2D eigenvalue weighted by molar-refractivity contribution is -0.144. The number of phenolic OH excluding ortho intramolecular Hbond substituents is 1. The minimum atomic E-state index is -1.19. The highest BCUT2D eigenvalue weighted by atomic mass is 16.4. The highest BCUT2D eigenvalue weighted by molar-refractivity contribution is 5.95. The van der Waals surface area contributed by atoms with Crippen molar-refractivity contribution >= 4 is 34.6 Å². The van der Waals surface area contributed by atoms with Gasteiger partial charge in [-0.05, 0) is 49.1 Å². The van der Waals surface area contributed by atoms with E-state index in [0.29, 0.717) is 18.4 Å². The predicted molar refractivity (Wildman–Crippen MR) is 144 cm³/mol. The predicted octanol–water partition coefficient (Wildman–Crippen LogP) is 1.05. The second-order valence-corrected chi connectivity index (χ2v) is 9.87. The number of aromatic amines is 1. The molecule has 0 saturated carbocycles. The first-order valence-electron chi connectivity index (χ1n) is 12.9. The largest absolute Gasteiger partial charge is 0.508 e. The number of amides is 3. The Balaban J connectivity index is 1.49. The number of fused-ring (bicyclic) bond motifs is 1. The van der Waals surface area contributed by atoms with E-state index in [1.54, 1.807) is 18.3 Å². The van der Waals surface area contributed by atoms with Gasteiger partial charge in [0.25, 0.3) is 0 Å². The van der Waals surface area contributed by atoms with Gasteiger partial charge in [0.1, 0.15) is 23.9 Å². The Bertz CT molecular complexity index is 1350. The Morgan fingerprint density at radius 1 is 1.05 bits per heavy atom. The van der Waals surface area contributed by atoms with Gasteiger partial charge in [0.15, 0.2) is 0 Å². The van der Waals surface area contributed by atoms with Crippen LogP contribution in [-0.4, -0.2) is 74.5 Å². The van der Waals surface area contributed by atoms with Crippen LogP contribution in [0.5, 0.6) is 5.75 Å². The number of nitrogens with one attached hydrogen (secondary N) is 3. The lowest BCUT2D eigenvalue weighted by Crippen LogP contribution is -2.57. The first kappa shape index (κ1) is 27.6. The summed E-state index contributed by atoms with van der Waals surface area (Å²) in [5, 5.41) is 25.6. The molecule has 1 saturated heterocycles. The number of rotatable bonds is 10. The minimum absolute atomic E-state index is 0.0677. The fourth-order valence-corrected chi connectivity index (χ4v) is 4.86. The second kappa shape index (κ2) is 12.0. The van der Waals surface area contributed by atoms with Gasteiger partial charge in [-0.1, -0.05) is 30.3 Å². The van der Waals surface area contributed by atoms with Gasteiger partial charge >= 0.3 is 5.97 Å². The molecule has 3 amide bonds. The molecule has 0 aliphatic carbocycles.